The standard InChI is InChI=1S/2C8H16O3/c1-2-11-8(10)6-4-3-5-7-9;1-2-7(8(10)11)5-3-4-6-9/h9H,2-7H2,1H3;7,9H,2-6H2,1H3,(H,10,11). The zero-order chi connectivity index (χ0) is 17.2. The molecular weight excluding hydrogens is 288 g/mol. The number of carbonyl (C=O) groups excluding carboxylic acids is 1. The Morgan fingerprint density at radius 1 is 0.955 bits per heavy atom. The molecule has 0 aliphatic rings. The fourth-order valence-electron chi connectivity index (χ4n) is 1.80. The number of aliphatic hydroxyl groups excluding tert-OH is 2. The first-order chi connectivity index (χ1) is 10.5. The van der Waals surface area contributed by atoms with Gasteiger partial charge in [0.1, 0.15) is 0 Å². The molecule has 0 spiro atoms. The second-order valence-electron chi connectivity index (χ2n) is 5.00. The Bertz CT molecular complexity index is 265. The van der Waals surface area contributed by atoms with Gasteiger partial charge in [0.25, 0.3) is 0 Å². The van der Waals surface area contributed by atoms with Gasteiger partial charge in [-0.15, -0.1) is 0 Å². The Morgan fingerprint density at radius 3 is 2.00 bits per heavy atom. The van der Waals surface area contributed by atoms with Gasteiger partial charge >= 0.3 is 11.9 Å². The van der Waals surface area contributed by atoms with Crippen molar-refractivity contribution in [1.82, 2.24) is 0 Å². The van der Waals surface area contributed by atoms with Gasteiger partial charge < -0.3 is 20.1 Å². The van der Waals surface area contributed by atoms with Crippen LogP contribution in [0.15, 0.2) is 0 Å². The zero-order valence-electron chi connectivity index (χ0n) is 13.9. The number of aliphatic carboxylic acids is 1. The number of carboxylic acid groups (broad SMARTS) is 1. The second kappa shape index (κ2) is 17.9. The molecule has 0 amide bonds. The number of aliphatic hydroxyl groups is 2. The van der Waals surface area contributed by atoms with Crippen LogP contribution < -0.4 is 0 Å². The van der Waals surface area contributed by atoms with E-state index < -0.39 is 5.97 Å². The molecule has 0 heterocycles. The monoisotopic (exact) mass is 320 g/mol. The molecule has 0 rings (SSSR count). The highest BCUT2D eigenvalue weighted by molar-refractivity contribution is 5.69. The molecule has 22 heavy (non-hydrogen) atoms. The average Bonchev–Trinajstić information content (AvgIpc) is 2.49. The van der Waals surface area contributed by atoms with E-state index >= 15 is 0 Å². The molecule has 6 nitrogen and oxygen atoms in total. The second-order valence-corrected chi connectivity index (χ2v) is 5.00. The van der Waals surface area contributed by atoms with Crippen LogP contribution in [0.4, 0.5) is 0 Å². The fraction of sp³-hybridized carbons (Fsp3) is 0.875. The SMILES string of the molecule is CCC(CCCCO)C(=O)O.CCOC(=O)CCCCCO. The van der Waals surface area contributed by atoms with Crippen molar-refractivity contribution in [1.29, 1.82) is 0 Å². The Labute approximate surface area is 133 Å². The first kappa shape index (κ1) is 23.1. The third-order valence-corrected chi connectivity index (χ3v) is 3.15. The lowest BCUT2D eigenvalue weighted by atomic mass is 10.00. The van der Waals surface area contributed by atoms with Crippen LogP contribution >= 0.6 is 0 Å². The minimum absolute atomic E-state index is 0.134. The molecule has 0 radical (unpaired) electrons. The Balaban J connectivity index is 0. The van der Waals surface area contributed by atoms with Crippen LogP contribution in [-0.4, -0.2) is 47.1 Å². The molecule has 0 saturated carbocycles. The Kier molecular flexibility index (Phi) is 18.8. The summed E-state index contributed by atoms with van der Waals surface area (Å²) in [6.45, 7) is 4.50. The van der Waals surface area contributed by atoms with Crippen LogP contribution in [0, 0.1) is 5.92 Å². The van der Waals surface area contributed by atoms with Gasteiger partial charge in [0.2, 0.25) is 0 Å². The molecule has 0 aromatic carbocycles. The van der Waals surface area contributed by atoms with Gasteiger partial charge in [-0.3, -0.25) is 9.59 Å². The maximum atomic E-state index is 10.7. The fourth-order valence-corrected chi connectivity index (χ4v) is 1.80. The van der Waals surface area contributed by atoms with Gasteiger partial charge in [-0.05, 0) is 39.0 Å². The molecule has 6 heteroatoms. The highest BCUT2D eigenvalue weighted by atomic mass is 16.5. The van der Waals surface area contributed by atoms with E-state index in [0.717, 1.165) is 25.7 Å². The van der Waals surface area contributed by atoms with Crippen LogP contribution in [0.1, 0.15) is 65.2 Å². The summed E-state index contributed by atoms with van der Waals surface area (Å²) in [5.41, 5.74) is 0. The van der Waals surface area contributed by atoms with Gasteiger partial charge in [0, 0.05) is 19.6 Å². The number of carbonyl (C=O) groups is 2. The first-order valence-electron chi connectivity index (χ1n) is 8.13. The van der Waals surface area contributed by atoms with E-state index in [-0.39, 0.29) is 25.1 Å². The molecule has 0 aromatic heterocycles. The number of rotatable bonds is 12. The predicted octanol–water partition coefficient (Wildman–Crippen LogP) is 2.36. The van der Waals surface area contributed by atoms with Gasteiger partial charge in [-0.1, -0.05) is 19.8 Å². The number of carboxylic acids is 1. The summed E-state index contributed by atoms with van der Waals surface area (Å²) in [7, 11) is 0. The Morgan fingerprint density at radius 2 is 1.55 bits per heavy atom. The lowest BCUT2D eigenvalue weighted by molar-refractivity contribution is -0.143. The summed E-state index contributed by atoms with van der Waals surface area (Å²) < 4.78 is 4.72. The third kappa shape index (κ3) is 16.9. The molecule has 0 aliphatic carbocycles. The molecule has 0 saturated heterocycles. The van der Waals surface area contributed by atoms with E-state index in [1.54, 1.807) is 6.92 Å². The summed E-state index contributed by atoms with van der Waals surface area (Å²) in [6.07, 6.45) is 5.86. The maximum Gasteiger partial charge on any atom is 0.306 e. The molecule has 0 aliphatic heterocycles. The molecule has 0 aromatic rings. The van der Waals surface area contributed by atoms with E-state index in [1.165, 1.54) is 0 Å². The van der Waals surface area contributed by atoms with Crippen LogP contribution in [-0.2, 0) is 14.3 Å². The number of hydrogen-bond donors (Lipinski definition) is 3. The van der Waals surface area contributed by atoms with Crippen LogP contribution in [0.3, 0.4) is 0 Å². The summed E-state index contributed by atoms with van der Waals surface area (Å²) in [5.74, 6) is -1.07. The van der Waals surface area contributed by atoms with Crippen LogP contribution in [0.25, 0.3) is 0 Å². The van der Waals surface area contributed by atoms with Gasteiger partial charge in [0.05, 0.1) is 12.5 Å². The van der Waals surface area contributed by atoms with E-state index in [9.17, 15) is 9.59 Å². The minimum atomic E-state index is -0.717. The van der Waals surface area contributed by atoms with Crippen LogP contribution in [0.2, 0.25) is 0 Å². The van der Waals surface area contributed by atoms with Crippen molar-refractivity contribution in [3.63, 3.8) is 0 Å². The number of unbranched alkanes of at least 4 members (excludes halogenated alkanes) is 3. The largest absolute Gasteiger partial charge is 0.481 e. The molecule has 3 N–H and O–H groups in total. The summed E-state index contributed by atoms with van der Waals surface area (Å²) in [6, 6.07) is 0. The molecule has 1 atom stereocenters. The lowest BCUT2D eigenvalue weighted by Crippen LogP contribution is -2.12. The lowest BCUT2D eigenvalue weighted by Gasteiger charge is -2.07. The third-order valence-electron chi connectivity index (χ3n) is 3.15. The highest BCUT2D eigenvalue weighted by Crippen LogP contribution is 2.11. The van der Waals surface area contributed by atoms with Crippen molar-refractivity contribution in [2.75, 3.05) is 19.8 Å². The first-order valence-corrected chi connectivity index (χ1v) is 8.13. The number of hydrogen-bond acceptors (Lipinski definition) is 5. The zero-order valence-corrected chi connectivity index (χ0v) is 13.9. The number of esters is 1. The summed E-state index contributed by atoms with van der Waals surface area (Å²) >= 11 is 0. The van der Waals surface area contributed by atoms with Crippen molar-refractivity contribution in [2.45, 2.75) is 65.2 Å². The predicted molar refractivity (Wildman–Crippen MR) is 84.5 cm³/mol. The normalized spacial score (nSPS) is 11.3. The van der Waals surface area contributed by atoms with Gasteiger partial charge in [0.15, 0.2) is 0 Å². The van der Waals surface area contributed by atoms with E-state index in [0.29, 0.717) is 32.3 Å². The van der Waals surface area contributed by atoms with Crippen LogP contribution in [0.5, 0.6) is 0 Å². The van der Waals surface area contributed by atoms with E-state index in [4.69, 9.17) is 20.1 Å². The highest BCUT2D eigenvalue weighted by Gasteiger charge is 2.13. The van der Waals surface area contributed by atoms with Crippen molar-refractivity contribution >= 4 is 11.9 Å². The maximum absolute atomic E-state index is 10.7. The Hall–Kier alpha value is -1.14. The van der Waals surface area contributed by atoms with Crippen molar-refractivity contribution in [2.24, 2.45) is 5.92 Å². The van der Waals surface area contributed by atoms with Crippen molar-refractivity contribution in [3.05, 3.63) is 0 Å². The smallest absolute Gasteiger partial charge is 0.306 e. The molecule has 1 unspecified atom stereocenters. The number of ether oxygens (including phenoxy) is 1. The molecule has 132 valence electrons. The molecular formula is C16H32O6. The topological polar surface area (TPSA) is 104 Å². The summed E-state index contributed by atoms with van der Waals surface area (Å²) in [5, 5.41) is 25.5. The van der Waals surface area contributed by atoms with Gasteiger partial charge in [-0.25, -0.2) is 0 Å². The quantitative estimate of drug-likeness (QED) is 0.377. The van der Waals surface area contributed by atoms with Gasteiger partial charge in [-0.2, -0.15) is 0 Å². The molecule has 0 bridgehead atoms. The minimum Gasteiger partial charge on any atom is -0.481 e. The summed E-state index contributed by atoms with van der Waals surface area (Å²) in [4.78, 5) is 21.2. The van der Waals surface area contributed by atoms with Crippen molar-refractivity contribution in [3.8, 4) is 0 Å². The van der Waals surface area contributed by atoms with E-state index in [1.807, 2.05) is 6.92 Å². The van der Waals surface area contributed by atoms with Crippen molar-refractivity contribution < 1.29 is 29.6 Å². The van der Waals surface area contributed by atoms with E-state index in [2.05, 4.69) is 0 Å². The average molecular weight is 320 g/mol. The molecule has 0 fully saturated rings.